The summed E-state index contributed by atoms with van der Waals surface area (Å²) in [6, 6.07) is 5.85. The molecule has 3 aromatic rings. The van der Waals surface area contributed by atoms with Gasteiger partial charge in [0.15, 0.2) is 0 Å². The summed E-state index contributed by atoms with van der Waals surface area (Å²) in [7, 11) is 0. The van der Waals surface area contributed by atoms with Gasteiger partial charge in [-0.1, -0.05) is 6.07 Å². The number of amides is 1. The van der Waals surface area contributed by atoms with Crippen LogP contribution in [0.1, 0.15) is 41.8 Å². The van der Waals surface area contributed by atoms with Crippen molar-refractivity contribution in [1.82, 2.24) is 29.9 Å². The zero-order valence-corrected chi connectivity index (χ0v) is 15.7. The maximum atomic E-state index is 12.3. The van der Waals surface area contributed by atoms with Gasteiger partial charge in [0.05, 0.1) is 0 Å². The average Bonchev–Trinajstić information content (AvgIpc) is 2.95. The fourth-order valence-electron chi connectivity index (χ4n) is 3.14. The topological polar surface area (TPSA) is 85.1 Å². The monoisotopic (exact) mass is 352 g/mol. The molecule has 26 heavy (non-hydrogen) atoms. The Morgan fingerprint density at radius 3 is 2.77 bits per heavy atom. The van der Waals surface area contributed by atoms with Gasteiger partial charge in [-0.2, -0.15) is 10.1 Å². The van der Waals surface area contributed by atoms with Gasteiger partial charge in [-0.05, 0) is 51.8 Å². The number of aryl methyl sites for hydroxylation is 3. The molecule has 0 saturated carbocycles. The normalized spacial score (nSPS) is 12.3. The highest BCUT2D eigenvalue weighted by atomic mass is 16.1. The minimum absolute atomic E-state index is 0.0297. The van der Waals surface area contributed by atoms with Gasteiger partial charge in [0.25, 0.3) is 5.78 Å². The molecule has 0 aliphatic rings. The summed E-state index contributed by atoms with van der Waals surface area (Å²) in [5, 5.41) is 7.42. The molecular weight excluding hydrogens is 328 g/mol. The summed E-state index contributed by atoms with van der Waals surface area (Å²) in [6.45, 7) is 7.79. The van der Waals surface area contributed by atoms with E-state index in [9.17, 15) is 4.79 Å². The number of hydrogen-bond acceptors (Lipinski definition) is 5. The average molecular weight is 352 g/mol. The van der Waals surface area contributed by atoms with Crippen LogP contribution in [0.5, 0.6) is 0 Å². The van der Waals surface area contributed by atoms with Crippen molar-refractivity contribution >= 4 is 11.7 Å². The summed E-state index contributed by atoms with van der Waals surface area (Å²) in [4.78, 5) is 25.4. The van der Waals surface area contributed by atoms with Crippen LogP contribution in [-0.2, 0) is 17.6 Å². The number of nitrogens with one attached hydrogen (secondary N) is 1. The second kappa shape index (κ2) is 7.59. The van der Waals surface area contributed by atoms with E-state index in [-0.39, 0.29) is 11.9 Å². The SMILES string of the molecule is Cc1nc2nc(C)c(CCC(=O)NC(C)Cc3ccccn3)c(C)n2n1. The molecular formula is C19H24N6O. The molecule has 3 rings (SSSR count). The minimum atomic E-state index is 0.0297. The van der Waals surface area contributed by atoms with Gasteiger partial charge in [0.2, 0.25) is 5.91 Å². The first kappa shape index (κ1) is 18.0. The van der Waals surface area contributed by atoms with Crippen LogP contribution in [-0.4, -0.2) is 36.5 Å². The lowest BCUT2D eigenvalue weighted by Gasteiger charge is -2.14. The molecule has 0 aliphatic heterocycles. The summed E-state index contributed by atoms with van der Waals surface area (Å²) < 4.78 is 1.75. The minimum Gasteiger partial charge on any atom is -0.353 e. The smallest absolute Gasteiger partial charge is 0.252 e. The van der Waals surface area contributed by atoms with Crippen molar-refractivity contribution in [3.05, 3.63) is 52.9 Å². The van der Waals surface area contributed by atoms with Crippen molar-refractivity contribution < 1.29 is 4.79 Å². The molecule has 0 spiro atoms. The van der Waals surface area contributed by atoms with E-state index < -0.39 is 0 Å². The van der Waals surface area contributed by atoms with Crippen molar-refractivity contribution in [1.29, 1.82) is 0 Å². The molecule has 0 saturated heterocycles. The van der Waals surface area contributed by atoms with E-state index in [0.29, 0.717) is 24.4 Å². The molecule has 7 heteroatoms. The number of rotatable bonds is 6. The molecule has 0 fully saturated rings. The lowest BCUT2D eigenvalue weighted by Crippen LogP contribution is -2.34. The first-order chi connectivity index (χ1) is 12.4. The Hall–Kier alpha value is -2.83. The van der Waals surface area contributed by atoms with Crippen LogP contribution in [0.25, 0.3) is 5.78 Å². The highest BCUT2D eigenvalue weighted by molar-refractivity contribution is 5.76. The number of nitrogens with zero attached hydrogens (tertiary/aromatic N) is 5. The van der Waals surface area contributed by atoms with Gasteiger partial charge in [-0.15, -0.1) is 0 Å². The van der Waals surface area contributed by atoms with Gasteiger partial charge in [-0.3, -0.25) is 9.78 Å². The van der Waals surface area contributed by atoms with E-state index >= 15 is 0 Å². The zero-order valence-electron chi connectivity index (χ0n) is 15.7. The molecule has 1 N–H and O–H groups in total. The van der Waals surface area contributed by atoms with Crippen molar-refractivity contribution in [2.75, 3.05) is 0 Å². The number of carbonyl (C=O) groups is 1. The molecule has 0 radical (unpaired) electrons. The van der Waals surface area contributed by atoms with Gasteiger partial charge < -0.3 is 5.32 Å². The predicted octanol–water partition coefficient (Wildman–Crippen LogP) is 2.12. The fraction of sp³-hybridized carbons (Fsp3) is 0.421. The van der Waals surface area contributed by atoms with E-state index in [1.54, 1.807) is 10.7 Å². The molecule has 3 heterocycles. The van der Waals surface area contributed by atoms with E-state index in [1.807, 2.05) is 45.9 Å². The van der Waals surface area contributed by atoms with Crippen LogP contribution in [0.4, 0.5) is 0 Å². The third-order valence-corrected chi connectivity index (χ3v) is 4.41. The summed E-state index contributed by atoms with van der Waals surface area (Å²) in [5.41, 5.74) is 3.91. The summed E-state index contributed by atoms with van der Waals surface area (Å²) in [6.07, 6.45) is 3.53. The predicted molar refractivity (Wildman–Crippen MR) is 98.9 cm³/mol. The van der Waals surface area contributed by atoms with Crippen LogP contribution < -0.4 is 5.32 Å². The van der Waals surface area contributed by atoms with Gasteiger partial charge in [0, 0.05) is 42.2 Å². The van der Waals surface area contributed by atoms with Crippen molar-refractivity contribution in [3.8, 4) is 0 Å². The maximum Gasteiger partial charge on any atom is 0.252 e. The van der Waals surface area contributed by atoms with Crippen LogP contribution in [0.3, 0.4) is 0 Å². The van der Waals surface area contributed by atoms with Crippen molar-refractivity contribution in [2.24, 2.45) is 0 Å². The van der Waals surface area contributed by atoms with Crippen LogP contribution >= 0.6 is 0 Å². The highest BCUT2D eigenvalue weighted by Crippen LogP contribution is 2.15. The van der Waals surface area contributed by atoms with E-state index in [0.717, 1.165) is 29.1 Å². The molecule has 0 aromatic carbocycles. The van der Waals surface area contributed by atoms with Crippen LogP contribution in [0, 0.1) is 20.8 Å². The molecule has 1 unspecified atom stereocenters. The second-order valence-electron chi connectivity index (χ2n) is 6.63. The van der Waals surface area contributed by atoms with Gasteiger partial charge in [-0.25, -0.2) is 9.50 Å². The number of carbonyl (C=O) groups excluding carboxylic acids is 1. The molecule has 1 amide bonds. The standard InChI is InChI=1S/C19H24N6O/c1-12(11-16-7-5-6-10-20-16)21-18(26)9-8-17-13(2)22-19-23-15(4)24-25(19)14(17)3/h5-7,10,12H,8-9,11H2,1-4H3,(H,21,26). The van der Waals surface area contributed by atoms with E-state index in [2.05, 4.69) is 25.4 Å². The first-order valence-corrected chi connectivity index (χ1v) is 8.82. The number of fused-ring (bicyclic) bond motifs is 1. The lowest BCUT2D eigenvalue weighted by atomic mass is 10.1. The Labute approximate surface area is 152 Å². The third kappa shape index (κ3) is 4.04. The summed E-state index contributed by atoms with van der Waals surface area (Å²) >= 11 is 0. The lowest BCUT2D eigenvalue weighted by molar-refractivity contribution is -0.121. The van der Waals surface area contributed by atoms with Gasteiger partial charge in [0.1, 0.15) is 5.82 Å². The van der Waals surface area contributed by atoms with E-state index in [4.69, 9.17) is 0 Å². The largest absolute Gasteiger partial charge is 0.353 e. The molecule has 3 aromatic heterocycles. The van der Waals surface area contributed by atoms with Crippen molar-refractivity contribution in [3.63, 3.8) is 0 Å². The zero-order chi connectivity index (χ0) is 18.7. The Bertz CT molecular complexity index is 919. The number of aromatic nitrogens is 5. The molecule has 0 bridgehead atoms. The fourth-order valence-corrected chi connectivity index (χ4v) is 3.14. The Morgan fingerprint density at radius 1 is 1.23 bits per heavy atom. The Kier molecular flexibility index (Phi) is 5.25. The molecule has 7 nitrogen and oxygen atoms in total. The maximum absolute atomic E-state index is 12.3. The highest BCUT2D eigenvalue weighted by Gasteiger charge is 2.14. The van der Waals surface area contributed by atoms with Crippen molar-refractivity contribution in [2.45, 2.75) is 53.0 Å². The number of hydrogen-bond donors (Lipinski definition) is 1. The van der Waals surface area contributed by atoms with Gasteiger partial charge >= 0.3 is 0 Å². The first-order valence-electron chi connectivity index (χ1n) is 8.82. The third-order valence-electron chi connectivity index (χ3n) is 4.41. The van der Waals surface area contributed by atoms with Crippen LogP contribution in [0.2, 0.25) is 0 Å². The Morgan fingerprint density at radius 2 is 2.04 bits per heavy atom. The number of pyridine rings is 1. The van der Waals surface area contributed by atoms with Crippen LogP contribution in [0.15, 0.2) is 24.4 Å². The van der Waals surface area contributed by atoms with E-state index in [1.165, 1.54) is 0 Å². The molecule has 0 aliphatic carbocycles. The molecule has 136 valence electrons. The summed E-state index contributed by atoms with van der Waals surface area (Å²) in [5.74, 6) is 1.33. The molecule has 1 atom stereocenters. The second-order valence-corrected chi connectivity index (χ2v) is 6.63. The quantitative estimate of drug-likeness (QED) is 0.734. The Balaban J connectivity index is 1.61.